The molecule has 1 aliphatic heterocycles. The predicted molar refractivity (Wildman–Crippen MR) is 103 cm³/mol. The van der Waals surface area contributed by atoms with E-state index in [0.29, 0.717) is 24.4 Å². The van der Waals surface area contributed by atoms with E-state index in [4.69, 9.17) is 0 Å². The second-order valence-electron chi connectivity index (χ2n) is 7.72. The molecular weight excluding hydrogens is 421 g/mol. The third-order valence-corrected chi connectivity index (χ3v) is 5.20. The third-order valence-electron chi connectivity index (χ3n) is 5.20. The van der Waals surface area contributed by atoms with E-state index in [1.165, 1.54) is 0 Å². The standard InChI is InChI=1S/C20H22F5N5O/c1-9(2)18-26-12(11-4-6-30(7-5-11)20(31)16(23)24)8-13(27-18)28-19-15(22)10(3)14(21)17(25)29-19/h8-9,11,16H,4-7H2,1-3H3,(H,26,27,28,29). The summed E-state index contributed by atoms with van der Waals surface area (Å²) < 4.78 is 66.8. The molecule has 0 bridgehead atoms. The Kier molecular flexibility index (Phi) is 6.71. The van der Waals surface area contributed by atoms with Crippen LogP contribution in [0, 0.1) is 24.5 Å². The van der Waals surface area contributed by atoms with Gasteiger partial charge in [0.1, 0.15) is 11.6 Å². The Labute approximate surface area is 175 Å². The van der Waals surface area contributed by atoms with E-state index in [1.54, 1.807) is 6.07 Å². The molecule has 31 heavy (non-hydrogen) atoms. The summed E-state index contributed by atoms with van der Waals surface area (Å²) in [7, 11) is 0. The molecule has 1 amide bonds. The molecule has 1 aliphatic rings. The minimum atomic E-state index is -3.04. The number of nitrogens with zero attached hydrogens (tertiary/aromatic N) is 4. The van der Waals surface area contributed by atoms with Gasteiger partial charge in [0, 0.05) is 42.2 Å². The zero-order valence-corrected chi connectivity index (χ0v) is 17.2. The van der Waals surface area contributed by atoms with Crippen LogP contribution in [0.4, 0.5) is 33.6 Å². The number of amides is 1. The fourth-order valence-electron chi connectivity index (χ4n) is 3.38. The monoisotopic (exact) mass is 443 g/mol. The van der Waals surface area contributed by atoms with Gasteiger partial charge in [-0.25, -0.2) is 18.7 Å². The van der Waals surface area contributed by atoms with Crippen molar-refractivity contribution in [3.8, 4) is 0 Å². The number of carbonyl (C=O) groups is 1. The fourth-order valence-corrected chi connectivity index (χ4v) is 3.38. The molecule has 168 valence electrons. The van der Waals surface area contributed by atoms with Crippen LogP contribution < -0.4 is 5.32 Å². The van der Waals surface area contributed by atoms with Crippen molar-refractivity contribution in [3.05, 3.63) is 40.7 Å². The molecule has 2 aromatic heterocycles. The van der Waals surface area contributed by atoms with Gasteiger partial charge < -0.3 is 10.2 Å². The number of likely N-dealkylation sites (tertiary alicyclic amines) is 1. The highest BCUT2D eigenvalue weighted by Gasteiger charge is 2.29. The zero-order chi connectivity index (χ0) is 22.9. The summed E-state index contributed by atoms with van der Waals surface area (Å²) in [6.07, 6.45) is -2.20. The summed E-state index contributed by atoms with van der Waals surface area (Å²) >= 11 is 0. The summed E-state index contributed by atoms with van der Waals surface area (Å²) in [4.78, 5) is 24.7. The number of aromatic nitrogens is 3. The number of alkyl halides is 2. The van der Waals surface area contributed by atoms with Gasteiger partial charge in [0.05, 0.1) is 0 Å². The maximum absolute atomic E-state index is 14.4. The highest BCUT2D eigenvalue weighted by atomic mass is 19.3. The first-order valence-corrected chi connectivity index (χ1v) is 9.82. The Morgan fingerprint density at radius 1 is 1.10 bits per heavy atom. The molecule has 1 saturated heterocycles. The molecule has 11 heteroatoms. The van der Waals surface area contributed by atoms with Gasteiger partial charge in [0.15, 0.2) is 17.5 Å². The van der Waals surface area contributed by atoms with Gasteiger partial charge in [0.2, 0.25) is 0 Å². The fraction of sp³-hybridized carbons (Fsp3) is 0.500. The topological polar surface area (TPSA) is 71.0 Å². The average molecular weight is 443 g/mol. The first-order valence-electron chi connectivity index (χ1n) is 9.82. The second kappa shape index (κ2) is 9.11. The summed E-state index contributed by atoms with van der Waals surface area (Å²) in [6.45, 7) is 5.13. The van der Waals surface area contributed by atoms with Crippen LogP contribution in [0.5, 0.6) is 0 Å². The minimum absolute atomic E-state index is 0.0921. The van der Waals surface area contributed by atoms with Gasteiger partial charge in [-0.3, -0.25) is 4.79 Å². The molecule has 0 aliphatic carbocycles. The van der Waals surface area contributed by atoms with Crippen LogP contribution >= 0.6 is 0 Å². The average Bonchev–Trinajstić information content (AvgIpc) is 2.75. The number of anilines is 2. The van der Waals surface area contributed by atoms with E-state index in [9.17, 15) is 26.7 Å². The van der Waals surface area contributed by atoms with Gasteiger partial charge in [-0.1, -0.05) is 13.8 Å². The largest absolute Gasteiger partial charge is 0.338 e. The van der Waals surface area contributed by atoms with Crippen molar-refractivity contribution in [3.63, 3.8) is 0 Å². The summed E-state index contributed by atoms with van der Waals surface area (Å²) in [5.41, 5.74) is 0.0782. The molecule has 6 nitrogen and oxygen atoms in total. The molecule has 0 unspecified atom stereocenters. The smallest absolute Gasteiger partial charge is 0.315 e. The number of hydrogen-bond acceptors (Lipinski definition) is 5. The highest BCUT2D eigenvalue weighted by Crippen LogP contribution is 2.31. The van der Waals surface area contributed by atoms with Crippen molar-refractivity contribution < 1.29 is 26.7 Å². The normalized spacial score (nSPS) is 15.1. The van der Waals surface area contributed by atoms with Crippen LogP contribution in [0.25, 0.3) is 0 Å². The maximum atomic E-state index is 14.4. The molecule has 1 N–H and O–H groups in total. The van der Waals surface area contributed by atoms with Gasteiger partial charge in [-0.2, -0.15) is 18.2 Å². The predicted octanol–water partition coefficient (Wildman–Crippen LogP) is 4.44. The van der Waals surface area contributed by atoms with E-state index < -0.39 is 41.3 Å². The number of carbonyl (C=O) groups excluding carboxylic acids is 1. The molecule has 0 saturated carbocycles. The van der Waals surface area contributed by atoms with E-state index in [-0.39, 0.29) is 30.7 Å². The SMILES string of the molecule is Cc1c(F)c(F)nc(Nc2cc(C3CCN(C(=O)C(F)F)CC3)nc(C(C)C)n2)c1F. The van der Waals surface area contributed by atoms with Gasteiger partial charge in [-0.15, -0.1) is 0 Å². The summed E-state index contributed by atoms with van der Waals surface area (Å²) in [6, 6.07) is 1.54. The number of hydrogen-bond donors (Lipinski definition) is 1. The van der Waals surface area contributed by atoms with Crippen molar-refractivity contribution in [1.29, 1.82) is 0 Å². The molecule has 0 aromatic carbocycles. The van der Waals surface area contributed by atoms with Crippen LogP contribution in [0.2, 0.25) is 0 Å². The van der Waals surface area contributed by atoms with Gasteiger partial charge in [-0.05, 0) is 19.8 Å². The number of rotatable bonds is 5. The van der Waals surface area contributed by atoms with Crippen LogP contribution in [0.1, 0.15) is 55.6 Å². The first kappa shape index (κ1) is 22.8. The Bertz CT molecular complexity index is 977. The van der Waals surface area contributed by atoms with E-state index >= 15 is 0 Å². The van der Waals surface area contributed by atoms with Crippen LogP contribution in [0.3, 0.4) is 0 Å². The first-order chi connectivity index (χ1) is 14.6. The number of halogens is 5. The number of piperidine rings is 1. The van der Waals surface area contributed by atoms with Crippen LogP contribution in [-0.2, 0) is 4.79 Å². The van der Waals surface area contributed by atoms with Crippen molar-refractivity contribution in [2.24, 2.45) is 0 Å². The lowest BCUT2D eigenvalue weighted by Gasteiger charge is -2.31. The Morgan fingerprint density at radius 3 is 2.32 bits per heavy atom. The van der Waals surface area contributed by atoms with Crippen molar-refractivity contribution in [1.82, 2.24) is 19.9 Å². The van der Waals surface area contributed by atoms with E-state index in [2.05, 4.69) is 20.3 Å². The van der Waals surface area contributed by atoms with E-state index in [1.807, 2.05) is 13.8 Å². The lowest BCUT2D eigenvalue weighted by molar-refractivity contribution is -0.143. The number of pyridine rings is 1. The molecule has 0 atom stereocenters. The minimum Gasteiger partial charge on any atom is -0.338 e. The Morgan fingerprint density at radius 2 is 1.74 bits per heavy atom. The molecule has 0 radical (unpaired) electrons. The van der Waals surface area contributed by atoms with Crippen molar-refractivity contribution >= 4 is 17.5 Å². The molecule has 3 rings (SSSR count). The number of nitrogens with one attached hydrogen (secondary N) is 1. The second-order valence-corrected chi connectivity index (χ2v) is 7.72. The molecular formula is C20H22F5N5O. The van der Waals surface area contributed by atoms with Gasteiger partial charge in [0.25, 0.3) is 11.9 Å². The highest BCUT2D eigenvalue weighted by molar-refractivity contribution is 5.79. The van der Waals surface area contributed by atoms with Gasteiger partial charge >= 0.3 is 6.43 Å². The summed E-state index contributed by atoms with van der Waals surface area (Å²) in [5.74, 6) is -5.17. The third kappa shape index (κ3) is 4.91. The van der Waals surface area contributed by atoms with Crippen LogP contribution in [-0.4, -0.2) is 45.3 Å². The van der Waals surface area contributed by atoms with Crippen LogP contribution in [0.15, 0.2) is 6.07 Å². The lowest BCUT2D eigenvalue weighted by atomic mass is 9.93. The molecule has 1 fully saturated rings. The van der Waals surface area contributed by atoms with E-state index in [0.717, 1.165) is 11.8 Å². The quantitative estimate of drug-likeness (QED) is 0.547. The Balaban J connectivity index is 1.87. The molecule has 2 aromatic rings. The van der Waals surface area contributed by atoms with Crippen molar-refractivity contribution in [2.45, 2.75) is 51.9 Å². The maximum Gasteiger partial charge on any atom is 0.315 e. The molecule has 3 heterocycles. The summed E-state index contributed by atoms with van der Waals surface area (Å²) in [5, 5.41) is 2.59. The Hall–Kier alpha value is -2.85. The lowest BCUT2D eigenvalue weighted by Crippen LogP contribution is -2.41. The zero-order valence-electron chi connectivity index (χ0n) is 17.2. The molecule has 0 spiro atoms. The van der Waals surface area contributed by atoms with Crippen molar-refractivity contribution in [2.75, 3.05) is 18.4 Å².